The Morgan fingerprint density at radius 3 is 3.05 bits per heavy atom. The van der Waals surface area contributed by atoms with Crippen molar-refractivity contribution in [1.82, 2.24) is 9.88 Å². The van der Waals surface area contributed by atoms with E-state index in [1.807, 2.05) is 32.2 Å². The van der Waals surface area contributed by atoms with Crippen LogP contribution in [0.4, 0.5) is 5.82 Å². The van der Waals surface area contributed by atoms with Gasteiger partial charge in [0.2, 0.25) is 0 Å². The Morgan fingerprint density at radius 2 is 2.37 bits per heavy atom. The van der Waals surface area contributed by atoms with Crippen LogP contribution in [-0.2, 0) is 0 Å². The highest BCUT2D eigenvalue weighted by Crippen LogP contribution is 2.23. The van der Waals surface area contributed by atoms with Gasteiger partial charge in [-0.05, 0) is 51.4 Å². The number of nitrogens with zero attached hydrogens (tertiary/aromatic N) is 2. The summed E-state index contributed by atoms with van der Waals surface area (Å²) in [7, 11) is 0. The fraction of sp³-hybridized carbons (Fsp3) is 0.667. The molecule has 2 rings (SSSR count). The van der Waals surface area contributed by atoms with Crippen LogP contribution in [0.2, 0.25) is 0 Å². The minimum Gasteiger partial charge on any atom is -0.487 e. The highest BCUT2D eigenvalue weighted by atomic mass is 16.5. The van der Waals surface area contributed by atoms with Gasteiger partial charge in [-0.15, -0.1) is 0 Å². The monoisotopic (exact) mass is 263 g/mol. The maximum Gasteiger partial charge on any atom is 0.168 e. The van der Waals surface area contributed by atoms with Crippen LogP contribution in [0.1, 0.15) is 27.2 Å². The fourth-order valence-electron chi connectivity index (χ4n) is 2.48. The molecule has 1 aromatic heterocycles. The van der Waals surface area contributed by atoms with E-state index in [0.717, 1.165) is 24.7 Å². The Bertz CT molecular complexity index is 395. The standard InChI is InChI=1S/C15H25N3O/c1-4-18-9-7-13(11-18)10-17-15-14(19-12(2)3)6-5-8-16-15/h5-6,8,12-13H,4,7,9-11H2,1-3H3,(H,16,17). The van der Waals surface area contributed by atoms with E-state index in [4.69, 9.17) is 4.74 Å². The van der Waals surface area contributed by atoms with Crippen LogP contribution in [0.5, 0.6) is 5.75 Å². The molecule has 106 valence electrons. The van der Waals surface area contributed by atoms with Gasteiger partial charge in [0, 0.05) is 19.3 Å². The van der Waals surface area contributed by atoms with Gasteiger partial charge < -0.3 is 15.0 Å². The lowest BCUT2D eigenvalue weighted by atomic mass is 10.1. The molecule has 2 heterocycles. The second-order valence-electron chi connectivity index (χ2n) is 5.45. The molecule has 0 bridgehead atoms. The van der Waals surface area contributed by atoms with Crippen molar-refractivity contribution < 1.29 is 4.74 Å². The molecule has 19 heavy (non-hydrogen) atoms. The van der Waals surface area contributed by atoms with Crippen LogP contribution in [0.3, 0.4) is 0 Å². The third kappa shape index (κ3) is 4.10. The van der Waals surface area contributed by atoms with Gasteiger partial charge in [0.1, 0.15) is 0 Å². The average Bonchev–Trinajstić information content (AvgIpc) is 2.85. The van der Waals surface area contributed by atoms with Gasteiger partial charge in [0.15, 0.2) is 11.6 Å². The molecule has 0 aromatic carbocycles. The van der Waals surface area contributed by atoms with Crippen molar-refractivity contribution in [1.29, 1.82) is 0 Å². The van der Waals surface area contributed by atoms with E-state index >= 15 is 0 Å². The van der Waals surface area contributed by atoms with Gasteiger partial charge in [0.25, 0.3) is 0 Å². The van der Waals surface area contributed by atoms with E-state index in [1.165, 1.54) is 19.5 Å². The predicted octanol–water partition coefficient (Wildman–Crippen LogP) is 2.62. The first kappa shape index (κ1) is 14.1. The lowest BCUT2D eigenvalue weighted by Gasteiger charge is -2.17. The molecule has 0 amide bonds. The first-order valence-corrected chi connectivity index (χ1v) is 7.27. The summed E-state index contributed by atoms with van der Waals surface area (Å²) in [4.78, 5) is 6.88. The zero-order valence-corrected chi connectivity index (χ0v) is 12.2. The summed E-state index contributed by atoms with van der Waals surface area (Å²) in [5.74, 6) is 2.43. The summed E-state index contributed by atoms with van der Waals surface area (Å²) in [6.07, 6.45) is 3.25. The molecule has 0 aliphatic carbocycles. The van der Waals surface area contributed by atoms with Crippen molar-refractivity contribution in [3.8, 4) is 5.75 Å². The summed E-state index contributed by atoms with van der Waals surface area (Å²) in [5, 5.41) is 3.44. The zero-order chi connectivity index (χ0) is 13.7. The molecule has 1 fully saturated rings. The topological polar surface area (TPSA) is 37.4 Å². The van der Waals surface area contributed by atoms with Crippen LogP contribution < -0.4 is 10.1 Å². The lowest BCUT2D eigenvalue weighted by Crippen LogP contribution is -2.23. The van der Waals surface area contributed by atoms with E-state index in [0.29, 0.717) is 5.92 Å². The van der Waals surface area contributed by atoms with Crippen molar-refractivity contribution in [2.75, 3.05) is 31.5 Å². The number of likely N-dealkylation sites (tertiary alicyclic amines) is 1. The van der Waals surface area contributed by atoms with Crippen molar-refractivity contribution in [2.45, 2.75) is 33.3 Å². The van der Waals surface area contributed by atoms with Crippen LogP contribution in [0, 0.1) is 5.92 Å². The summed E-state index contributed by atoms with van der Waals surface area (Å²) in [6, 6.07) is 3.89. The number of anilines is 1. The molecular formula is C15H25N3O. The summed E-state index contributed by atoms with van der Waals surface area (Å²) >= 11 is 0. The number of hydrogen-bond donors (Lipinski definition) is 1. The highest BCUT2D eigenvalue weighted by Gasteiger charge is 2.21. The molecule has 0 radical (unpaired) electrons. The molecule has 1 atom stereocenters. The van der Waals surface area contributed by atoms with E-state index in [9.17, 15) is 0 Å². The summed E-state index contributed by atoms with van der Waals surface area (Å²) in [5.41, 5.74) is 0. The number of aromatic nitrogens is 1. The van der Waals surface area contributed by atoms with E-state index in [2.05, 4.69) is 22.1 Å². The van der Waals surface area contributed by atoms with Gasteiger partial charge in [-0.3, -0.25) is 0 Å². The quantitative estimate of drug-likeness (QED) is 0.856. The normalized spacial score (nSPS) is 19.9. The number of rotatable bonds is 6. The van der Waals surface area contributed by atoms with Gasteiger partial charge in [-0.2, -0.15) is 0 Å². The Hall–Kier alpha value is -1.29. The largest absolute Gasteiger partial charge is 0.487 e. The number of nitrogens with one attached hydrogen (secondary N) is 1. The molecular weight excluding hydrogens is 238 g/mol. The highest BCUT2D eigenvalue weighted by molar-refractivity contribution is 5.49. The maximum atomic E-state index is 5.77. The molecule has 0 spiro atoms. The molecule has 1 unspecified atom stereocenters. The Kier molecular flexibility index (Phi) is 5.02. The first-order valence-electron chi connectivity index (χ1n) is 7.27. The number of pyridine rings is 1. The number of hydrogen-bond acceptors (Lipinski definition) is 4. The first-order chi connectivity index (χ1) is 9.19. The van der Waals surface area contributed by atoms with E-state index in [-0.39, 0.29) is 6.10 Å². The van der Waals surface area contributed by atoms with E-state index in [1.54, 1.807) is 0 Å². The Morgan fingerprint density at radius 1 is 1.53 bits per heavy atom. The third-order valence-electron chi connectivity index (χ3n) is 3.51. The van der Waals surface area contributed by atoms with Crippen molar-refractivity contribution in [3.05, 3.63) is 18.3 Å². The smallest absolute Gasteiger partial charge is 0.168 e. The van der Waals surface area contributed by atoms with Crippen LogP contribution in [-0.4, -0.2) is 42.2 Å². The molecule has 1 aliphatic rings. The number of ether oxygens (including phenoxy) is 1. The maximum absolute atomic E-state index is 5.77. The molecule has 1 N–H and O–H groups in total. The Labute approximate surface area is 116 Å². The minimum atomic E-state index is 0.173. The van der Waals surface area contributed by atoms with Crippen molar-refractivity contribution in [2.24, 2.45) is 5.92 Å². The minimum absolute atomic E-state index is 0.173. The molecule has 1 aliphatic heterocycles. The van der Waals surface area contributed by atoms with Crippen molar-refractivity contribution >= 4 is 5.82 Å². The van der Waals surface area contributed by atoms with Gasteiger partial charge in [-0.25, -0.2) is 4.98 Å². The predicted molar refractivity (Wildman–Crippen MR) is 78.7 cm³/mol. The third-order valence-corrected chi connectivity index (χ3v) is 3.51. The summed E-state index contributed by atoms with van der Waals surface area (Å²) < 4.78 is 5.77. The van der Waals surface area contributed by atoms with Crippen molar-refractivity contribution in [3.63, 3.8) is 0 Å². The Balaban J connectivity index is 1.89. The SMILES string of the molecule is CCN1CCC(CNc2ncccc2OC(C)C)C1. The fourth-order valence-corrected chi connectivity index (χ4v) is 2.48. The lowest BCUT2D eigenvalue weighted by molar-refractivity contribution is 0.243. The summed E-state index contributed by atoms with van der Waals surface area (Å²) in [6.45, 7) is 10.8. The second kappa shape index (κ2) is 6.75. The van der Waals surface area contributed by atoms with Crippen LogP contribution >= 0.6 is 0 Å². The van der Waals surface area contributed by atoms with Crippen LogP contribution in [0.15, 0.2) is 18.3 Å². The average molecular weight is 263 g/mol. The van der Waals surface area contributed by atoms with Gasteiger partial charge in [-0.1, -0.05) is 6.92 Å². The van der Waals surface area contributed by atoms with Gasteiger partial charge >= 0.3 is 0 Å². The molecule has 1 aromatic rings. The molecule has 4 heteroatoms. The van der Waals surface area contributed by atoms with E-state index < -0.39 is 0 Å². The second-order valence-corrected chi connectivity index (χ2v) is 5.45. The molecule has 4 nitrogen and oxygen atoms in total. The molecule has 1 saturated heterocycles. The van der Waals surface area contributed by atoms with Crippen LogP contribution in [0.25, 0.3) is 0 Å². The zero-order valence-electron chi connectivity index (χ0n) is 12.2. The van der Waals surface area contributed by atoms with Gasteiger partial charge in [0.05, 0.1) is 6.10 Å². The molecule has 0 saturated carbocycles.